The molecule has 0 amide bonds. The first-order chi connectivity index (χ1) is 8.49. The Hall–Kier alpha value is -0.0800. The third kappa shape index (κ3) is 2.60. The van der Waals surface area contributed by atoms with Crippen molar-refractivity contribution in [2.45, 2.75) is 90.9 Å². The van der Waals surface area contributed by atoms with Crippen molar-refractivity contribution in [2.75, 3.05) is 0 Å². The summed E-state index contributed by atoms with van der Waals surface area (Å²) in [7, 11) is 0. The molecule has 0 aromatic heterocycles. The second kappa shape index (κ2) is 5.50. The third-order valence-corrected chi connectivity index (χ3v) is 5.65. The molecule has 0 saturated heterocycles. The highest BCUT2D eigenvalue weighted by molar-refractivity contribution is 5.11. The molecule has 0 radical (unpaired) electrons. The van der Waals surface area contributed by atoms with Crippen molar-refractivity contribution in [2.24, 2.45) is 11.3 Å². The van der Waals surface area contributed by atoms with Crippen LogP contribution in [0.15, 0.2) is 0 Å². The van der Waals surface area contributed by atoms with Crippen LogP contribution in [-0.2, 0) is 0 Å². The van der Waals surface area contributed by atoms with Crippen LogP contribution in [0, 0.1) is 11.3 Å². The minimum absolute atomic E-state index is 0.484. The van der Waals surface area contributed by atoms with Gasteiger partial charge in [-0.1, -0.05) is 20.8 Å². The maximum absolute atomic E-state index is 3.88. The fourth-order valence-electron chi connectivity index (χ4n) is 4.06. The molecule has 106 valence electrons. The molecule has 18 heavy (non-hydrogen) atoms. The van der Waals surface area contributed by atoms with E-state index in [0.717, 1.165) is 18.0 Å². The van der Waals surface area contributed by atoms with E-state index in [-0.39, 0.29) is 0 Å². The van der Waals surface area contributed by atoms with E-state index in [0.29, 0.717) is 17.5 Å². The summed E-state index contributed by atoms with van der Waals surface area (Å²) < 4.78 is 0. The molecule has 2 fully saturated rings. The van der Waals surface area contributed by atoms with Gasteiger partial charge in [0, 0.05) is 24.2 Å². The highest BCUT2D eigenvalue weighted by atomic mass is 15.1. The summed E-state index contributed by atoms with van der Waals surface area (Å²) >= 11 is 0. The Morgan fingerprint density at radius 3 is 1.78 bits per heavy atom. The number of hydrogen-bond acceptors (Lipinski definition) is 2. The summed E-state index contributed by atoms with van der Waals surface area (Å²) in [6, 6.07) is 2.78. The van der Waals surface area contributed by atoms with Crippen molar-refractivity contribution in [3.05, 3.63) is 0 Å². The van der Waals surface area contributed by atoms with Crippen LogP contribution in [0.2, 0.25) is 0 Å². The normalized spacial score (nSPS) is 42.2. The Morgan fingerprint density at radius 2 is 1.44 bits per heavy atom. The zero-order valence-electron chi connectivity index (χ0n) is 12.9. The summed E-state index contributed by atoms with van der Waals surface area (Å²) in [4.78, 5) is 0. The minimum Gasteiger partial charge on any atom is -0.311 e. The number of fused-ring (bicyclic) bond motifs is 2. The first-order valence-electron chi connectivity index (χ1n) is 8.01. The van der Waals surface area contributed by atoms with Crippen LogP contribution >= 0.6 is 0 Å². The Morgan fingerprint density at radius 1 is 1.00 bits per heavy atom. The molecular formula is C16H32N2. The number of rotatable bonds is 6. The summed E-state index contributed by atoms with van der Waals surface area (Å²) in [5, 5.41) is 7.76. The van der Waals surface area contributed by atoms with Crippen LogP contribution in [0.5, 0.6) is 0 Å². The van der Waals surface area contributed by atoms with Gasteiger partial charge in [-0.15, -0.1) is 0 Å². The van der Waals surface area contributed by atoms with Crippen molar-refractivity contribution in [3.8, 4) is 0 Å². The smallest absolute Gasteiger partial charge is 0.0141 e. The van der Waals surface area contributed by atoms with E-state index < -0.39 is 0 Å². The molecule has 2 aliphatic carbocycles. The molecule has 4 unspecified atom stereocenters. The molecule has 0 heterocycles. The van der Waals surface area contributed by atoms with Gasteiger partial charge >= 0.3 is 0 Å². The predicted octanol–water partition coefficient (Wildman–Crippen LogP) is 3.32. The molecule has 0 spiro atoms. The second-order valence-electron chi connectivity index (χ2n) is 7.10. The molecular weight excluding hydrogens is 220 g/mol. The zero-order chi connectivity index (χ0) is 13.3. The highest BCUT2D eigenvalue weighted by Gasteiger charge is 2.55. The maximum Gasteiger partial charge on any atom is 0.0141 e. The van der Waals surface area contributed by atoms with Crippen LogP contribution in [0.1, 0.15) is 66.7 Å². The van der Waals surface area contributed by atoms with Gasteiger partial charge in [0.2, 0.25) is 0 Å². The Balaban J connectivity index is 1.99. The van der Waals surface area contributed by atoms with Crippen LogP contribution in [0.25, 0.3) is 0 Å². The average Bonchev–Trinajstić information content (AvgIpc) is 2.81. The quantitative estimate of drug-likeness (QED) is 0.758. The fourth-order valence-corrected chi connectivity index (χ4v) is 4.06. The Kier molecular flexibility index (Phi) is 4.38. The van der Waals surface area contributed by atoms with Gasteiger partial charge in [0.25, 0.3) is 0 Å². The molecule has 0 aromatic rings. The van der Waals surface area contributed by atoms with Crippen molar-refractivity contribution in [3.63, 3.8) is 0 Å². The average molecular weight is 252 g/mol. The van der Waals surface area contributed by atoms with Crippen molar-refractivity contribution >= 4 is 0 Å². The first-order valence-corrected chi connectivity index (χ1v) is 8.01. The molecule has 2 aliphatic rings. The SMILES string of the molecule is CCC(C)NC1CC2CC(NC(C)CC)C1(C)C2. The van der Waals surface area contributed by atoms with Gasteiger partial charge in [-0.25, -0.2) is 0 Å². The van der Waals surface area contributed by atoms with E-state index in [2.05, 4.69) is 45.3 Å². The van der Waals surface area contributed by atoms with E-state index in [1.807, 2.05) is 0 Å². The second-order valence-corrected chi connectivity index (χ2v) is 7.10. The summed E-state index contributed by atoms with van der Waals surface area (Å²) in [6.45, 7) is 11.7. The van der Waals surface area contributed by atoms with Crippen LogP contribution in [0.3, 0.4) is 0 Å². The summed E-state index contributed by atoms with van der Waals surface area (Å²) in [5.41, 5.74) is 0.484. The van der Waals surface area contributed by atoms with E-state index >= 15 is 0 Å². The summed E-state index contributed by atoms with van der Waals surface area (Å²) in [6.07, 6.45) is 6.70. The number of hydrogen-bond donors (Lipinski definition) is 2. The lowest BCUT2D eigenvalue weighted by Gasteiger charge is -2.42. The minimum atomic E-state index is 0.484. The lowest BCUT2D eigenvalue weighted by Crippen LogP contribution is -2.55. The van der Waals surface area contributed by atoms with Gasteiger partial charge < -0.3 is 10.6 Å². The van der Waals surface area contributed by atoms with E-state index in [1.165, 1.54) is 32.1 Å². The van der Waals surface area contributed by atoms with Gasteiger partial charge in [0.15, 0.2) is 0 Å². The molecule has 4 atom stereocenters. The highest BCUT2D eigenvalue weighted by Crippen LogP contribution is 2.54. The molecule has 0 aliphatic heterocycles. The third-order valence-electron chi connectivity index (χ3n) is 5.65. The van der Waals surface area contributed by atoms with E-state index in [1.54, 1.807) is 0 Å². The van der Waals surface area contributed by atoms with E-state index in [9.17, 15) is 0 Å². The van der Waals surface area contributed by atoms with Crippen LogP contribution in [-0.4, -0.2) is 24.2 Å². The first kappa shape index (κ1) is 14.3. The van der Waals surface area contributed by atoms with Crippen molar-refractivity contribution in [1.29, 1.82) is 0 Å². The lowest BCUT2D eigenvalue weighted by atomic mass is 9.77. The molecule has 2 N–H and O–H groups in total. The molecule has 0 aromatic carbocycles. The van der Waals surface area contributed by atoms with Gasteiger partial charge in [0.05, 0.1) is 0 Å². The molecule has 2 bridgehead atoms. The van der Waals surface area contributed by atoms with Gasteiger partial charge in [0.1, 0.15) is 0 Å². The van der Waals surface area contributed by atoms with Gasteiger partial charge in [-0.3, -0.25) is 0 Å². The van der Waals surface area contributed by atoms with Crippen LogP contribution in [0.4, 0.5) is 0 Å². The molecule has 2 heteroatoms. The zero-order valence-corrected chi connectivity index (χ0v) is 12.9. The van der Waals surface area contributed by atoms with Crippen molar-refractivity contribution < 1.29 is 0 Å². The lowest BCUT2D eigenvalue weighted by molar-refractivity contribution is 0.156. The van der Waals surface area contributed by atoms with Gasteiger partial charge in [-0.05, 0) is 57.3 Å². The van der Waals surface area contributed by atoms with Crippen molar-refractivity contribution in [1.82, 2.24) is 10.6 Å². The Bertz CT molecular complexity index is 254. The fraction of sp³-hybridized carbons (Fsp3) is 1.00. The van der Waals surface area contributed by atoms with Crippen LogP contribution < -0.4 is 10.6 Å². The maximum atomic E-state index is 3.88. The molecule has 2 rings (SSSR count). The molecule has 2 saturated carbocycles. The number of nitrogens with one attached hydrogen (secondary N) is 2. The standard InChI is InChI=1S/C16H32N2/c1-6-11(3)17-14-8-13-9-15(16(14,5)10-13)18-12(4)7-2/h11-15,17-18H,6-10H2,1-5H3. The summed E-state index contributed by atoms with van der Waals surface area (Å²) in [5.74, 6) is 0.957. The molecule has 2 nitrogen and oxygen atoms in total. The monoisotopic (exact) mass is 252 g/mol. The largest absolute Gasteiger partial charge is 0.311 e. The van der Waals surface area contributed by atoms with Gasteiger partial charge in [-0.2, -0.15) is 0 Å². The Labute approximate surface area is 113 Å². The predicted molar refractivity (Wildman–Crippen MR) is 78.8 cm³/mol. The topological polar surface area (TPSA) is 24.1 Å². The van der Waals surface area contributed by atoms with E-state index in [4.69, 9.17) is 0 Å².